The van der Waals surface area contributed by atoms with Gasteiger partial charge in [-0.05, 0) is 30.2 Å². The number of Topliss-reactive ketones (excluding diaryl/α,β-unsaturated/α-hetero) is 1. The van der Waals surface area contributed by atoms with Crippen LogP contribution in [0.3, 0.4) is 0 Å². The molecule has 0 aromatic heterocycles. The number of hydrogen-bond acceptors (Lipinski definition) is 3. The molecule has 0 aliphatic heterocycles. The Balaban J connectivity index is 1.80. The number of benzene rings is 3. The van der Waals surface area contributed by atoms with Gasteiger partial charge in [-0.2, -0.15) is 0 Å². The fourth-order valence-electron chi connectivity index (χ4n) is 2.56. The molecule has 0 fully saturated rings. The fraction of sp³-hybridized carbons (Fsp3) is 0.0952. The molecule has 3 nitrogen and oxygen atoms in total. The summed E-state index contributed by atoms with van der Waals surface area (Å²) < 4.78 is 25.0. The first-order chi connectivity index (χ1) is 12.0. The Kier molecular flexibility index (Phi) is 4.81. The van der Waals surface area contributed by atoms with Crippen molar-refractivity contribution in [3.8, 4) is 11.1 Å². The zero-order valence-electron chi connectivity index (χ0n) is 13.8. The van der Waals surface area contributed by atoms with Crippen molar-refractivity contribution in [2.45, 2.75) is 11.8 Å². The van der Waals surface area contributed by atoms with Gasteiger partial charge in [0.25, 0.3) is 0 Å². The van der Waals surface area contributed by atoms with Crippen molar-refractivity contribution in [2.24, 2.45) is 0 Å². The molecule has 0 atom stereocenters. The summed E-state index contributed by atoms with van der Waals surface area (Å²) in [6.07, 6.45) is 0. The summed E-state index contributed by atoms with van der Waals surface area (Å²) in [5.74, 6) is -0.923. The SMILES string of the molecule is Cc1ccc(C(=O)CS(=O)(=O)c2ccc(-c3ccccc3)cc2)cc1. The lowest BCUT2D eigenvalue weighted by Gasteiger charge is -2.06. The zero-order valence-corrected chi connectivity index (χ0v) is 14.7. The maximum Gasteiger partial charge on any atom is 0.185 e. The molecule has 0 heterocycles. The Morgan fingerprint density at radius 2 is 1.32 bits per heavy atom. The van der Waals surface area contributed by atoms with Crippen LogP contribution in [0.25, 0.3) is 11.1 Å². The van der Waals surface area contributed by atoms with Gasteiger partial charge >= 0.3 is 0 Å². The Morgan fingerprint density at radius 3 is 1.92 bits per heavy atom. The number of rotatable bonds is 5. The lowest BCUT2D eigenvalue weighted by atomic mass is 10.1. The average molecular weight is 350 g/mol. The van der Waals surface area contributed by atoms with E-state index in [1.54, 1.807) is 48.5 Å². The summed E-state index contributed by atoms with van der Waals surface area (Å²) in [4.78, 5) is 12.4. The van der Waals surface area contributed by atoms with Gasteiger partial charge in [-0.1, -0.05) is 72.3 Å². The molecule has 3 aromatic carbocycles. The lowest BCUT2D eigenvalue weighted by molar-refractivity contribution is 0.102. The van der Waals surface area contributed by atoms with Crippen molar-refractivity contribution >= 4 is 15.6 Å². The highest BCUT2D eigenvalue weighted by atomic mass is 32.2. The van der Waals surface area contributed by atoms with Gasteiger partial charge in [0.15, 0.2) is 15.6 Å². The van der Waals surface area contributed by atoms with Crippen LogP contribution in [0.2, 0.25) is 0 Å². The van der Waals surface area contributed by atoms with Gasteiger partial charge in [-0.3, -0.25) is 4.79 Å². The molecule has 0 aliphatic rings. The van der Waals surface area contributed by atoms with E-state index in [1.807, 2.05) is 37.3 Å². The maximum absolute atomic E-state index is 12.5. The van der Waals surface area contributed by atoms with E-state index in [0.717, 1.165) is 16.7 Å². The Hall–Kier alpha value is -2.72. The predicted octanol–water partition coefficient (Wildman–Crippen LogP) is 4.32. The van der Waals surface area contributed by atoms with Crippen LogP contribution in [0.15, 0.2) is 83.8 Å². The molecule has 0 aliphatic carbocycles. The molecule has 0 bridgehead atoms. The highest BCUT2D eigenvalue weighted by molar-refractivity contribution is 7.92. The van der Waals surface area contributed by atoms with E-state index in [-0.39, 0.29) is 4.90 Å². The third-order valence-electron chi connectivity index (χ3n) is 4.02. The first-order valence-corrected chi connectivity index (χ1v) is 9.59. The fourth-order valence-corrected chi connectivity index (χ4v) is 3.79. The average Bonchev–Trinajstić information content (AvgIpc) is 2.63. The van der Waals surface area contributed by atoms with Crippen LogP contribution in [0, 0.1) is 6.92 Å². The Labute approximate surface area is 147 Å². The Bertz CT molecular complexity index is 972. The number of hydrogen-bond donors (Lipinski definition) is 0. The second-order valence-corrected chi connectivity index (χ2v) is 7.93. The van der Waals surface area contributed by atoms with Crippen molar-refractivity contribution in [1.82, 2.24) is 0 Å². The highest BCUT2D eigenvalue weighted by Crippen LogP contribution is 2.22. The van der Waals surface area contributed by atoms with Gasteiger partial charge in [-0.25, -0.2) is 8.42 Å². The lowest BCUT2D eigenvalue weighted by Crippen LogP contribution is -2.16. The molecule has 3 rings (SSSR count). The maximum atomic E-state index is 12.5. The van der Waals surface area contributed by atoms with Crippen molar-refractivity contribution in [3.63, 3.8) is 0 Å². The second kappa shape index (κ2) is 7.03. The molecule has 0 spiro atoms. The largest absolute Gasteiger partial charge is 0.293 e. The van der Waals surface area contributed by atoms with Crippen molar-refractivity contribution in [1.29, 1.82) is 0 Å². The molecule has 0 radical (unpaired) electrons. The second-order valence-electron chi connectivity index (χ2n) is 5.94. The third kappa shape index (κ3) is 4.03. The molecule has 0 unspecified atom stereocenters. The van der Waals surface area contributed by atoms with E-state index in [9.17, 15) is 13.2 Å². The van der Waals surface area contributed by atoms with E-state index in [2.05, 4.69) is 0 Å². The predicted molar refractivity (Wildman–Crippen MR) is 99.4 cm³/mol. The monoisotopic (exact) mass is 350 g/mol. The normalized spacial score (nSPS) is 11.2. The van der Waals surface area contributed by atoms with Gasteiger partial charge in [0, 0.05) is 5.56 Å². The quantitative estimate of drug-likeness (QED) is 0.644. The van der Waals surface area contributed by atoms with Gasteiger partial charge in [0.1, 0.15) is 5.75 Å². The highest BCUT2D eigenvalue weighted by Gasteiger charge is 2.20. The van der Waals surface area contributed by atoms with Gasteiger partial charge in [0.05, 0.1) is 4.90 Å². The van der Waals surface area contributed by atoms with E-state index >= 15 is 0 Å². The van der Waals surface area contributed by atoms with Gasteiger partial charge in [-0.15, -0.1) is 0 Å². The minimum Gasteiger partial charge on any atom is -0.293 e. The molecule has 0 amide bonds. The summed E-state index contributed by atoms with van der Waals surface area (Å²) in [5.41, 5.74) is 3.39. The molecule has 126 valence electrons. The van der Waals surface area contributed by atoms with Crippen molar-refractivity contribution in [3.05, 3.63) is 90.0 Å². The summed E-state index contributed by atoms with van der Waals surface area (Å²) in [6.45, 7) is 1.92. The summed E-state index contributed by atoms with van der Waals surface area (Å²) in [7, 11) is -3.67. The summed E-state index contributed by atoms with van der Waals surface area (Å²) in [6, 6.07) is 23.3. The topological polar surface area (TPSA) is 51.2 Å². The summed E-state index contributed by atoms with van der Waals surface area (Å²) >= 11 is 0. The number of ketones is 1. The number of carbonyl (C=O) groups excluding carboxylic acids is 1. The van der Waals surface area contributed by atoms with Crippen LogP contribution in [-0.4, -0.2) is 20.0 Å². The molecule has 25 heavy (non-hydrogen) atoms. The molecule has 0 saturated carbocycles. The third-order valence-corrected chi connectivity index (χ3v) is 5.65. The van der Waals surface area contributed by atoms with Crippen LogP contribution < -0.4 is 0 Å². The molecular weight excluding hydrogens is 332 g/mol. The minimum atomic E-state index is -3.67. The van der Waals surface area contributed by atoms with E-state index < -0.39 is 21.4 Å². The molecule has 3 aromatic rings. The van der Waals surface area contributed by atoms with Crippen LogP contribution in [0.1, 0.15) is 15.9 Å². The number of aryl methyl sites for hydroxylation is 1. The van der Waals surface area contributed by atoms with E-state index in [4.69, 9.17) is 0 Å². The Morgan fingerprint density at radius 1 is 0.760 bits per heavy atom. The molecule has 4 heteroatoms. The van der Waals surface area contributed by atoms with Crippen LogP contribution in [-0.2, 0) is 9.84 Å². The molecule has 0 N–H and O–H groups in total. The minimum absolute atomic E-state index is 0.160. The molecular formula is C21H18O3S. The standard InChI is InChI=1S/C21H18O3S/c1-16-7-9-19(10-8-16)21(22)15-25(23,24)20-13-11-18(12-14-20)17-5-3-2-4-6-17/h2-14H,15H2,1H3. The van der Waals surface area contributed by atoms with Gasteiger partial charge < -0.3 is 0 Å². The molecule has 0 saturated heterocycles. The number of carbonyl (C=O) groups is 1. The van der Waals surface area contributed by atoms with Crippen LogP contribution >= 0.6 is 0 Å². The first-order valence-electron chi connectivity index (χ1n) is 7.94. The first kappa shape index (κ1) is 17.1. The van der Waals surface area contributed by atoms with Crippen LogP contribution in [0.5, 0.6) is 0 Å². The summed E-state index contributed by atoms with van der Waals surface area (Å²) in [5, 5.41) is 0. The van der Waals surface area contributed by atoms with Crippen molar-refractivity contribution in [2.75, 3.05) is 5.75 Å². The van der Waals surface area contributed by atoms with Crippen LogP contribution in [0.4, 0.5) is 0 Å². The van der Waals surface area contributed by atoms with E-state index in [0.29, 0.717) is 5.56 Å². The van der Waals surface area contributed by atoms with Gasteiger partial charge in [0.2, 0.25) is 0 Å². The zero-order chi connectivity index (χ0) is 17.9. The van der Waals surface area contributed by atoms with E-state index in [1.165, 1.54) is 0 Å². The smallest absolute Gasteiger partial charge is 0.185 e. The van der Waals surface area contributed by atoms with Crippen molar-refractivity contribution < 1.29 is 13.2 Å². The number of sulfone groups is 1.